The zero-order valence-corrected chi connectivity index (χ0v) is 10.1. The predicted molar refractivity (Wildman–Crippen MR) is 64.6 cm³/mol. The lowest BCUT2D eigenvalue weighted by Crippen LogP contribution is -2.48. The van der Waals surface area contributed by atoms with Crippen molar-refractivity contribution in [1.82, 2.24) is 9.88 Å². The molecule has 0 radical (unpaired) electrons. The van der Waals surface area contributed by atoms with E-state index in [0.717, 1.165) is 0 Å². The molecule has 2 heterocycles. The van der Waals surface area contributed by atoms with Gasteiger partial charge in [0.1, 0.15) is 5.69 Å². The Labute approximate surface area is 101 Å². The van der Waals surface area contributed by atoms with E-state index < -0.39 is 0 Å². The average Bonchev–Trinajstić information content (AvgIpc) is 2.28. The first-order chi connectivity index (χ1) is 8.06. The van der Waals surface area contributed by atoms with Crippen molar-refractivity contribution in [3.05, 3.63) is 24.0 Å². The highest BCUT2D eigenvalue weighted by Gasteiger charge is 2.26. The molecule has 1 saturated heterocycles. The number of nitrogen functional groups attached to an aromatic ring is 1. The van der Waals surface area contributed by atoms with Gasteiger partial charge in [0.2, 0.25) is 0 Å². The van der Waals surface area contributed by atoms with E-state index in [9.17, 15) is 4.79 Å². The van der Waals surface area contributed by atoms with E-state index in [4.69, 9.17) is 10.5 Å². The van der Waals surface area contributed by atoms with Crippen LogP contribution in [0.2, 0.25) is 0 Å². The van der Waals surface area contributed by atoms with Gasteiger partial charge in [0.15, 0.2) is 0 Å². The first-order valence-electron chi connectivity index (χ1n) is 5.72. The zero-order chi connectivity index (χ0) is 12.4. The number of pyridine rings is 1. The van der Waals surface area contributed by atoms with Crippen LogP contribution in [-0.2, 0) is 4.74 Å². The van der Waals surface area contributed by atoms with Crippen LogP contribution in [0.1, 0.15) is 24.3 Å². The van der Waals surface area contributed by atoms with Crippen LogP contribution in [0.25, 0.3) is 0 Å². The molecule has 2 atom stereocenters. The number of carbonyl (C=O) groups is 1. The topological polar surface area (TPSA) is 68.5 Å². The predicted octanol–water partition coefficient (Wildman–Crippen LogP) is 0.913. The van der Waals surface area contributed by atoms with Gasteiger partial charge in [0.05, 0.1) is 24.1 Å². The summed E-state index contributed by atoms with van der Waals surface area (Å²) in [5, 5.41) is 0. The molecule has 0 aromatic carbocycles. The highest BCUT2D eigenvalue weighted by Crippen LogP contribution is 2.13. The molecule has 5 heteroatoms. The number of rotatable bonds is 1. The van der Waals surface area contributed by atoms with Crippen molar-refractivity contribution in [2.75, 3.05) is 18.8 Å². The fourth-order valence-corrected chi connectivity index (χ4v) is 2.04. The quantitative estimate of drug-likeness (QED) is 0.785. The number of nitrogens with zero attached hydrogens (tertiary/aromatic N) is 2. The summed E-state index contributed by atoms with van der Waals surface area (Å²) in [7, 11) is 0. The first kappa shape index (κ1) is 11.9. The molecule has 0 aliphatic carbocycles. The highest BCUT2D eigenvalue weighted by molar-refractivity contribution is 5.92. The molecular formula is C12H17N3O2. The number of hydrogen-bond acceptors (Lipinski definition) is 4. The van der Waals surface area contributed by atoms with Crippen LogP contribution in [0.3, 0.4) is 0 Å². The Balaban J connectivity index is 2.11. The molecule has 1 aromatic rings. The Morgan fingerprint density at radius 2 is 2.06 bits per heavy atom. The van der Waals surface area contributed by atoms with Gasteiger partial charge >= 0.3 is 0 Å². The Kier molecular flexibility index (Phi) is 3.28. The van der Waals surface area contributed by atoms with Crippen LogP contribution in [0.5, 0.6) is 0 Å². The molecular weight excluding hydrogens is 218 g/mol. The lowest BCUT2D eigenvalue weighted by molar-refractivity contribution is -0.0587. The Morgan fingerprint density at radius 3 is 2.59 bits per heavy atom. The SMILES string of the molecule is CC1CN(C(=O)c2ccc(N)cn2)CC(C)O1. The van der Waals surface area contributed by atoms with Crippen LogP contribution in [0.15, 0.2) is 18.3 Å². The summed E-state index contributed by atoms with van der Waals surface area (Å²) in [6, 6.07) is 3.34. The molecule has 1 fully saturated rings. The smallest absolute Gasteiger partial charge is 0.272 e. The minimum atomic E-state index is -0.0630. The van der Waals surface area contributed by atoms with E-state index in [1.807, 2.05) is 13.8 Å². The van der Waals surface area contributed by atoms with Gasteiger partial charge in [-0.2, -0.15) is 0 Å². The van der Waals surface area contributed by atoms with E-state index in [-0.39, 0.29) is 18.1 Å². The maximum Gasteiger partial charge on any atom is 0.272 e. The van der Waals surface area contributed by atoms with Crippen LogP contribution in [-0.4, -0.2) is 41.1 Å². The molecule has 92 valence electrons. The van der Waals surface area contributed by atoms with Crippen molar-refractivity contribution < 1.29 is 9.53 Å². The van der Waals surface area contributed by atoms with Gasteiger partial charge < -0.3 is 15.4 Å². The summed E-state index contributed by atoms with van der Waals surface area (Å²) >= 11 is 0. The molecule has 17 heavy (non-hydrogen) atoms. The molecule has 1 aromatic heterocycles. The van der Waals surface area contributed by atoms with E-state index in [1.165, 1.54) is 6.20 Å². The maximum atomic E-state index is 12.2. The van der Waals surface area contributed by atoms with Crippen molar-refractivity contribution in [2.24, 2.45) is 0 Å². The molecule has 1 aliphatic heterocycles. The minimum absolute atomic E-state index is 0.0630. The zero-order valence-electron chi connectivity index (χ0n) is 10.1. The summed E-state index contributed by atoms with van der Waals surface area (Å²) in [5.74, 6) is -0.0630. The van der Waals surface area contributed by atoms with Gasteiger partial charge in [-0.3, -0.25) is 4.79 Å². The number of carbonyl (C=O) groups excluding carboxylic acids is 1. The minimum Gasteiger partial charge on any atom is -0.397 e. The molecule has 1 aliphatic rings. The maximum absolute atomic E-state index is 12.2. The van der Waals surface area contributed by atoms with Gasteiger partial charge in [-0.1, -0.05) is 0 Å². The fraction of sp³-hybridized carbons (Fsp3) is 0.500. The average molecular weight is 235 g/mol. The van der Waals surface area contributed by atoms with Crippen molar-refractivity contribution in [3.63, 3.8) is 0 Å². The molecule has 0 bridgehead atoms. The third-order valence-electron chi connectivity index (χ3n) is 2.71. The molecule has 0 spiro atoms. The molecule has 2 unspecified atom stereocenters. The standard InChI is InChI=1S/C12H17N3O2/c1-8-6-15(7-9(2)17-8)12(16)11-4-3-10(13)5-14-11/h3-5,8-9H,6-7,13H2,1-2H3. The van der Waals surface area contributed by atoms with Crippen LogP contribution >= 0.6 is 0 Å². The number of anilines is 1. The van der Waals surface area contributed by atoms with Gasteiger partial charge in [0, 0.05) is 13.1 Å². The summed E-state index contributed by atoms with van der Waals surface area (Å²) < 4.78 is 5.59. The normalized spacial score (nSPS) is 24.7. The van der Waals surface area contributed by atoms with Gasteiger partial charge in [0.25, 0.3) is 5.91 Å². The highest BCUT2D eigenvalue weighted by atomic mass is 16.5. The molecule has 0 saturated carbocycles. The second-order valence-electron chi connectivity index (χ2n) is 4.44. The summed E-state index contributed by atoms with van der Waals surface area (Å²) in [4.78, 5) is 18.0. The van der Waals surface area contributed by atoms with E-state index in [1.54, 1.807) is 17.0 Å². The van der Waals surface area contributed by atoms with E-state index in [2.05, 4.69) is 4.98 Å². The number of hydrogen-bond donors (Lipinski definition) is 1. The van der Waals surface area contributed by atoms with Gasteiger partial charge in [-0.25, -0.2) is 4.98 Å². The van der Waals surface area contributed by atoms with E-state index in [0.29, 0.717) is 24.5 Å². The number of nitrogens with two attached hydrogens (primary N) is 1. The summed E-state index contributed by atoms with van der Waals surface area (Å²) in [5.41, 5.74) is 6.53. The molecule has 2 N–H and O–H groups in total. The van der Waals surface area contributed by atoms with Crippen LogP contribution < -0.4 is 5.73 Å². The third-order valence-corrected chi connectivity index (χ3v) is 2.71. The molecule has 1 amide bonds. The van der Waals surface area contributed by atoms with Gasteiger partial charge in [-0.15, -0.1) is 0 Å². The fourth-order valence-electron chi connectivity index (χ4n) is 2.04. The Morgan fingerprint density at radius 1 is 1.41 bits per heavy atom. The number of amides is 1. The van der Waals surface area contributed by atoms with Crippen LogP contribution in [0.4, 0.5) is 5.69 Å². The Bertz CT molecular complexity index is 395. The lowest BCUT2D eigenvalue weighted by Gasteiger charge is -2.35. The monoisotopic (exact) mass is 235 g/mol. The summed E-state index contributed by atoms with van der Waals surface area (Å²) in [6.45, 7) is 5.14. The lowest BCUT2D eigenvalue weighted by atomic mass is 10.2. The summed E-state index contributed by atoms with van der Waals surface area (Å²) in [6.07, 6.45) is 1.63. The van der Waals surface area contributed by atoms with Crippen molar-refractivity contribution in [3.8, 4) is 0 Å². The molecule has 2 rings (SSSR count). The number of morpholine rings is 1. The van der Waals surface area contributed by atoms with Crippen molar-refractivity contribution >= 4 is 11.6 Å². The Hall–Kier alpha value is -1.62. The number of ether oxygens (including phenoxy) is 1. The number of aromatic nitrogens is 1. The largest absolute Gasteiger partial charge is 0.397 e. The molecule has 5 nitrogen and oxygen atoms in total. The second kappa shape index (κ2) is 4.71. The van der Waals surface area contributed by atoms with E-state index >= 15 is 0 Å². The first-order valence-corrected chi connectivity index (χ1v) is 5.72. The van der Waals surface area contributed by atoms with Crippen LogP contribution in [0, 0.1) is 0 Å². The van der Waals surface area contributed by atoms with Gasteiger partial charge in [-0.05, 0) is 26.0 Å². The third kappa shape index (κ3) is 2.74. The second-order valence-corrected chi connectivity index (χ2v) is 4.44. The van der Waals surface area contributed by atoms with Crippen molar-refractivity contribution in [1.29, 1.82) is 0 Å². The van der Waals surface area contributed by atoms with Crippen molar-refractivity contribution in [2.45, 2.75) is 26.1 Å².